The highest BCUT2D eigenvalue weighted by Gasteiger charge is 2.32. The molecule has 0 heterocycles. The Bertz CT molecular complexity index is 665. The largest absolute Gasteiger partial charge is 0.382 e. The Hall–Kier alpha value is -2.27. The summed E-state index contributed by atoms with van der Waals surface area (Å²) in [5, 5.41) is 19.4. The highest BCUT2D eigenvalue weighted by atomic mass is 16.3. The molecule has 0 spiro atoms. The van der Waals surface area contributed by atoms with Crippen LogP contribution in [0.2, 0.25) is 0 Å². The molecule has 0 aliphatic heterocycles. The molecule has 2 amide bonds. The second-order valence-corrected chi connectivity index (χ2v) is 6.55. The molecule has 2 atom stereocenters. The van der Waals surface area contributed by atoms with Crippen molar-refractivity contribution in [1.29, 1.82) is 5.26 Å². The first-order chi connectivity index (χ1) is 11.9. The molecule has 0 radical (unpaired) electrons. The van der Waals surface area contributed by atoms with Gasteiger partial charge >= 0.3 is 0 Å². The molecule has 1 aromatic rings. The van der Waals surface area contributed by atoms with Crippen molar-refractivity contribution in [3.8, 4) is 6.07 Å². The van der Waals surface area contributed by atoms with Crippen LogP contribution in [0.25, 0.3) is 0 Å². The molecule has 1 aliphatic carbocycles. The molecule has 7 heteroatoms. The molecular weight excluding hydrogens is 320 g/mol. The van der Waals surface area contributed by atoms with Crippen molar-refractivity contribution in [3.63, 3.8) is 0 Å². The van der Waals surface area contributed by atoms with Crippen LogP contribution in [0.15, 0.2) is 24.3 Å². The second-order valence-electron chi connectivity index (χ2n) is 6.55. The van der Waals surface area contributed by atoms with E-state index in [1.807, 2.05) is 6.07 Å². The Balaban J connectivity index is 1.99. The zero-order valence-corrected chi connectivity index (χ0v) is 14.1. The van der Waals surface area contributed by atoms with Crippen LogP contribution in [-0.2, 0) is 4.79 Å². The summed E-state index contributed by atoms with van der Waals surface area (Å²) >= 11 is 0. The molecule has 2 rings (SSSR count). The topological polar surface area (TPSA) is 133 Å². The van der Waals surface area contributed by atoms with Gasteiger partial charge in [0.1, 0.15) is 6.10 Å². The van der Waals surface area contributed by atoms with Gasteiger partial charge in [-0.15, -0.1) is 0 Å². The first-order valence-corrected chi connectivity index (χ1v) is 8.51. The van der Waals surface area contributed by atoms with Gasteiger partial charge in [0.15, 0.2) is 0 Å². The molecule has 1 saturated carbocycles. The number of benzene rings is 1. The lowest BCUT2D eigenvalue weighted by Gasteiger charge is -2.28. The lowest BCUT2D eigenvalue weighted by atomic mass is 9.84. The fraction of sp³-hybridized carbons (Fsp3) is 0.500. The minimum atomic E-state index is -1.53. The van der Waals surface area contributed by atoms with E-state index in [1.165, 1.54) is 30.7 Å². The third-order valence-electron chi connectivity index (χ3n) is 4.68. The molecule has 1 aliphatic rings. The Morgan fingerprint density at radius 1 is 1.32 bits per heavy atom. The number of nitrogens with zero attached hydrogens (tertiary/aromatic N) is 2. The van der Waals surface area contributed by atoms with Crippen molar-refractivity contribution >= 4 is 11.8 Å². The standard InChI is InChI=1S/C18H24N4O3/c19-11-13-7-4-8-14(9-13)17(24)22(21)18(25)16(23)15(20)10-12-5-2-1-3-6-12/h4,7-9,12,15-16,23H,1-3,5-6,10,20-21H2/t15-,16+/m1/s1. The molecule has 134 valence electrons. The van der Waals surface area contributed by atoms with Gasteiger partial charge < -0.3 is 10.8 Å². The number of rotatable bonds is 5. The maximum Gasteiger partial charge on any atom is 0.274 e. The first-order valence-electron chi connectivity index (χ1n) is 8.51. The number of nitriles is 1. The third kappa shape index (κ3) is 4.86. The van der Waals surface area contributed by atoms with Crippen LogP contribution >= 0.6 is 0 Å². The van der Waals surface area contributed by atoms with E-state index in [0.717, 1.165) is 25.7 Å². The monoisotopic (exact) mass is 344 g/mol. The molecule has 25 heavy (non-hydrogen) atoms. The molecular formula is C18H24N4O3. The molecule has 0 unspecified atom stereocenters. The normalized spacial score (nSPS) is 17.4. The van der Waals surface area contributed by atoms with E-state index >= 15 is 0 Å². The van der Waals surface area contributed by atoms with Crippen molar-refractivity contribution in [3.05, 3.63) is 35.4 Å². The summed E-state index contributed by atoms with van der Waals surface area (Å²) in [5.74, 6) is 4.26. The summed E-state index contributed by atoms with van der Waals surface area (Å²) in [7, 11) is 0. The quantitative estimate of drug-likeness (QED) is 0.415. The molecule has 0 aromatic heterocycles. The Morgan fingerprint density at radius 2 is 2.00 bits per heavy atom. The maximum absolute atomic E-state index is 12.3. The number of nitrogens with two attached hydrogens (primary N) is 2. The lowest BCUT2D eigenvalue weighted by Crippen LogP contribution is -2.53. The van der Waals surface area contributed by atoms with Gasteiger partial charge in [-0.1, -0.05) is 38.2 Å². The number of amides is 2. The van der Waals surface area contributed by atoms with Crippen LogP contribution in [0.3, 0.4) is 0 Å². The predicted molar refractivity (Wildman–Crippen MR) is 91.7 cm³/mol. The molecule has 0 bridgehead atoms. The van der Waals surface area contributed by atoms with Gasteiger partial charge in [-0.3, -0.25) is 9.59 Å². The van der Waals surface area contributed by atoms with Gasteiger partial charge in [-0.25, -0.2) is 10.9 Å². The Kier molecular flexibility index (Phi) is 6.65. The van der Waals surface area contributed by atoms with Crippen LogP contribution in [0.4, 0.5) is 0 Å². The number of imide groups is 1. The molecule has 0 saturated heterocycles. The predicted octanol–water partition coefficient (Wildman–Crippen LogP) is 1.06. The fourth-order valence-corrected chi connectivity index (χ4v) is 3.22. The maximum atomic E-state index is 12.3. The number of carbonyl (C=O) groups excluding carboxylic acids is 2. The molecule has 1 fully saturated rings. The zero-order valence-electron chi connectivity index (χ0n) is 14.1. The number of aliphatic hydroxyl groups is 1. The summed E-state index contributed by atoms with van der Waals surface area (Å²) in [6.45, 7) is 0. The lowest BCUT2D eigenvalue weighted by molar-refractivity contribution is -0.138. The summed E-state index contributed by atoms with van der Waals surface area (Å²) < 4.78 is 0. The summed E-state index contributed by atoms with van der Waals surface area (Å²) in [6, 6.07) is 6.99. The van der Waals surface area contributed by atoms with Gasteiger partial charge in [0.2, 0.25) is 0 Å². The van der Waals surface area contributed by atoms with Gasteiger partial charge in [-0.05, 0) is 30.5 Å². The average molecular weight is 344 g/mol. The Labute approximate surface area is 147 Å². The highest BCUT2D eigenvalue weighted by molar-refractivity contribution is 6.05. The number of hydrogen-bond donors (Lipinski definition) is 3. The molecule has 7 nitrogen and oxygen atoms in total. The van der Waals surface area contributed by atoms with E-state index in [4.69, 9.17) is 16.8 Å². The van der Waals surface area contributed by atoms with Crippen molar-refractivity contribution in [2.75, 3.05) is 0 Å². The van der Waals surface area contributed by atoms with Crippen molar-refractivity contribution in [2.24, 2.45) is 17.5 Å². The SMILES string of the molecule is N#Cc1cccc(C(=O)N(N)C(=O)[C@@H](O)[C@H](N)CC2CCCCC2)c1. The van der Waals surface area contributed by atoms with E-state index in [9.17, 15) is 14.7 Å². The number of aliphatic hydroxyl groups excluding tert-OH is 1. The third-order valence-corrected chi connectivity index (χ3v) is 4.68. The van der Waals surface area contributed by atoms with Crippen molar-refractivity contribution < 1.29 is 14.7 Å². The minimum absolute atomic E-state index is 0.1000. The van der Waals surface area contributed by atoms with Gasteiger partial charge in [0, 0.05) is 11.6 Å². The Morgan fingerprint density at radius 3 is 2.64 bits per heavy atom. The summed E-state index contributed by atoms with van der Waals surface area (Å²) in [5.41, 5.74) is 6.34. The van der Waals surface area contributed by atoms with Crippen LogP contribution in [0.5, 0.6) is 0 Å². The number of hydrogen-bond acceptors (Lipinski definition) is 6. The molecule has 5 N–H and O–H groups in total. The van der Waals surface area contributed by atoms with Gasteiger partial charge in [-0.2, -0.15) is 5.26 Å². The fourth-order valence-electron chi connectivity index (χ4n) is 3.22. The highest BCUT2D eigenvalue weighted by Crippen LogP contribution is 2.27. The summed E-state index contributed by atoms with van der Waals surface area (Å²) in [4.78, 5) is 24.6. The number of carbonyl (C=O) groups is 2. The van der Waals surface area contributed by atoms with Crippen molar-refractivity contribution in [1.82, 2.24) is 5.01 Å². The zero-order chi connectivity index (χ0) is 18.4. The van der Waals surface area contributed by atoms with Gasteiger partial charge in [0.25, 0.3) is 11.8 Å². The van der Waals surface area contributed by atoms with E-state index in [2.05, 4.69) is 0 Å². The van der Waals surface area contributed by atoms with Crippen LogP contribution in [0, 0.1) is 17.2 Å². The van der Waals surface area contributed by atoms with Crippen LogP contribution in [-0.4, -0.2) is 34.1 Å². The van der Waals surface area contributed by atoms with Crippen molar-refractivity contribution in [2.45, 2.75) is 50.7 Å². The van der Waals surface area contributed by atoms with E-state index in [-0.39, 0.29) is 11.1 Å². The van der Waals surface area contributed by atoms with Crippen LogP contribution in [0.1, 0.15) is 54.4 Å². The van der Waals surface area contributed by atoms with Gasteiger partial charge in [0.05, 0.1) is 11.6 Å². The van der Waals surface area contributed by atoms with E-state index < -0.39 is 24.0 Å². The second kappa shape index (κ2) is 8.72. The smallest absolute Gasteiger partial charge is 0.274 e. The first kappa shape index (κ1) is 19.1. The van der Waals surface area contributed by atoms with E-state index in [1.54, 1.807) is 0 Å². The minimum Gasteiger partial charge on any atom is -0.382 e. The number of hydrazine groups is 1. The van der Waals surface area contributed by atoms with E-state index in [0.29, 0.717) is 17.3 Å². The molecule has 1 aromatic carbocycles. The van der Waals surface area contributed by atoms with Crippen LogP contribution < -0.4 is 11.6 Å². The average Bonchev–Trinajstić information content (AvgIpc) is 2.66. The summed E-state index contributed by atoms with van der Waals surface area (Å²) in [6.07, 6.45) is 4.56.